The fourth-order valence-electron chi connectivity index (χ4n) is 12.1. The molecule has 3 unspecified atom stereocenters. The number of phosphoric ester groups is 2. The molecule has 0 saturated heterocycles. The summed E-state index contributed by atoms with van der Waals surface area (Å²) in [5, 5.41) is 10.6. The summed E-state index contributed by atoms with van der Waals surface area (Å²) < 4.78 is 68.6. The predicted molar refractivity (Wildman–Crippen MR) is 400 cm³/mol. The van der Waals surface area contributed by atoms with Gasteiger partial charge in [-0.1, -0.05) is 351 Å². The first-order valence-corrected chi connectivity index (χ1v) is 43.7. The first kappa shape index (κ1) is 96.1. The van der Waals surface area contributed by atoms with Crippen LogP contribution in [-0.2, 0) is 65.4 Å². The molecular formula is C79H154O17P2. The number of hydrogen-bond acceptors (Lipinski definition) is 15. The van der Waals surface area contributed by atoms with Crippen LogP contribution >= 0.6 is 15.6 Å². The van der Waals surface area contributed by atoms with Gasteiger partial charge in [-0.2, -0.15) is 0 Å². The zero-order chi connectivity index (χ0) is 72.4. The highest BCUT2D eigenvalue weighted by molar-refractivity contribution is 7.47. The zero-order valence-electron chi connectivity index (χ0n) is 64.4. The van der Waals surface area contributed by atoms with Gasteiger partial charge in [-0.05, 0) is 49.4 Å². The SMILES string of the molecule is CC(C)CCCCCCCCCCCCCCCCCCC(=O)O[C@H](COC(=O)CCCCCCCCC(C)C)COP(=O)(O)OCC(O)COP(=O)(O)OC[C@@H](COC(=O)CCCCCCCCCCCCCCC(C)C)OC(=O)CCCCCCCCCCCCCCC(C)C. The molecule has 0 saturated carbocycles. The molecule has 0 bridgehead atoms. The van der Waals surface area contributed by atoms with Gasteiger partial charge < -0.3 is 33.8 Å². The van der Waals surface area contributed by atoms with Crippen LogP contribution in [0.25, 0.3) is 0 Å². The van der Waals surface area contributed by atoms with Crippen LogP contribution in [0.3, 0.4) is 0 Å². The molecule has 0 spiro atoms. The second-order valence-corrected chi connectivity index (χ2v) is 33.3. The Kier molecular flexibility index (Phi) is 66.8. The minimum absolute atomic E-state index is 0.106. The maximum absolute atomic E-state index is 13.1. The van der Waals surface area contributed by atoms with E-state index < -0.39 is 97.5 Å². The minimum Gasteiger partial charge on any atom is -0.462 e. The van der Waals surface area contributed by atoms with Gasteiger partial charge in [0, 0.05) is 25.7 Å². The molecule has 17 nitrogen and oxygen atoms in total. The highest BCUT2D eigenvalue weighted by Crippen LogP contribution is 2.45. The normalized spacial score (nSPS) is 14.1. The van der Waals surface area contributed by atoms with E-state index in [-0.39, 0.29) is 25.7 Å². The number of carbonyl (C=O) groups is 4. The Morgan fingerprint density at radius 1 is 0.255 bits per heavy atom. The van der Waals surface area contributed by atoms with E-state index in [9.17, 15) is 43.2 Å². The Labute approximate surface area is 600 Å². The third-order valence-electron chi connectivity index (χ3n) is 18.3. The first-order chi connectivity index (χ1) is 47.1. The highest BCUT2D eigenvalue weighted by atomic mass is 31.2. The predicted octanol–water partition coefficient (Wildman–Crippen LogP) is 23.2. The maximum Gasteiger partial charge on any atom is 0.472 e. The molecular weight excluding hydrogens is 1280 g/mol. The lowest BCUT2D eigenvalue weighted by Crippen LogP contribution is -2.30. The van der Waals surface area contributed by atoms with Crippen molar-refractivity contribution in [1.82, 2.24) is 0 Å². The van der Waals surface area contributed by atoms with Crippen molar-refractivity contribution in [3.63, 3.8) is 0 Å². The van der Waals surface area contributed by atoms with Crippen molar-refractivity contribution in [3.8, 4) is 0 Å². The van der Waals surface area contributed by atoms with Gasteiger partial charge in [0.1, 0.15) is 19.3 Å². The monoisotopic (exact) mass is 1440 g/mol. The number of ether oxygens (including phenoxy) is 4. The number of hydrogen-bond donors (Lipinski definition) is 3. The Morgan fingerprint density at radius 2 is 0.429 bits per heavy atom. The lowest BCUT2D eigenvalue weighted by Gasteiger charge is -2.21. The summed E-state index contributed by atoms with van der Waals surface area (Å²) in [5.41, 5.74) is 0. The molecule has 3 N–H and O–H groups in total. The van der Waals surface area contributed by atoms with Crippen LogP contribution in [0.5, 0.6) is 0 Å². The fourth-order valence-corrected chi connectivity index (χ4v) is 13.7. The molecule has 582 valence electrons. The first-order valence-electron chi connectivity index (χ1n) is 40.7. The van der Waals surface area contributed by atoms with Crippen molar-refractivity contribution in [2.45, 2.75) is 420 Å². The highest BCUT2D eigenvalue weighted by Gasteiger charge is 2.30. The number of phosphoric acid groups is 2. The molecule has 0 aromatic rings. The lowest BCUT2D eigenvalue weighted by molar-refractivity contribution is -0.161. The van der Waals surface area contributed by atoms with Gasteiger partial charge in [0.2, 0.25) is 0 Å². The number of rotatable bonds is 76. The van der Waals surface area contributed by atoms with E-state index in [2.05, 4.69) is 55.4 Å². The van der Waals surface area contributed by atoms with Crippen LogP contribution in [0.15, 0.2) is 0 Å². The Balaban J connectivity index is 5.22. The molecule has 0 heterocycles. The van der Waals surface area contributed by atoms with Crippen molar-refractivity contribution in [3.05, 3.63) is 0 Å². The average molecular weight is 1440 g/mol. The van der Waals surface area contributed by atoms with E-state index in [0.29, 0.717) is 31.6 Å². The number of carbonyl (C=O) groups excluding carboxylic acids is 4. The molecule has 5 atom stereocenters. The van der Waals surface area contributed by atoms with Gasteiger partial charge in [0.15, 0.2) is 12.2 Å². The van der Waals surface area contributed by atoms with Gasteiger partial charge in [0.25, 0.3) is 0 Å². The summed E-state index contributed by atoms with van der Waals surface area (Å²) in [5.74, 6) is 0.929. The van der Waals surface area contributed by atoms with Gasteiger partial charge in [-0.3, -0.25) is 37.3 Å². The van der Waals surface area contributed by atoms with Crippen LogP contribution in [0.1, 0.15) is 402 Å². The van der Waals surface area contributed by atoms with E-state index in [4.69, 9.17) is 37.0 Å². The van der Waals surface area contributed by atoms with Crippen molar-refractivity contribution < 1.29 is 80.2 Å². The van der Waals surface area contributed by atoms with Crippen LogP contribution in [0.2, 0.25) is 0 Å². The van der Waals surface area contributed by atoms with Gasteiger partial charge in [-0.15, -0.1) is 0 Å². The molecule has 0 aliphatic carbocycles. The lowest BCUT2D eigenvalue weighted by atomic mass is 10.0. The van der Waals surface area contributed by atoms with Crippen molar-refractivity contribution in [2.24, 2.45) is 23.7 Å². The molecule has 0 radical (unpaired) electrons. The number of esters is 4. The van der Waals surface area contributed by atoms with Gasteiger partial charge >= 0.3 is 39.5 Å². The summed E-state index contributed by atoms with van der Waals surface area (Å²) in [4.78, 5) is 72.9. The van der Waals surface area contributed by atoms with E-state index in [1.807, 2.05) is 0 Å². The molecule has 0 fully saturated rings. The largest absolute Gasteiger partial charge is 0.472 e. The van der Waals surface area contributed by atoms with Crippen LogP contribution in [0, 0.1) is 23.7 Å². The fraction of sp³-hybridized carbons (Fsp3) is 0.949. The Bertz CT molecular complexity index is 1920. The third kappa shape index (κ3) is 72.4. The van der Waals surface area contributed by atoms with Crippen LogP contribution in [-0.4, -0.2) is 96.7 Å². The maximum atomic E-state index is 13.1. The summed E-state index contributed by atoms with van der Waals surface area (Å²) in [6.07, 6.45) is 54.2. The third-order valence-corrected chi connectivity index (χ3v) is 20.2. The number of aliphatic hydroxyl groups is 1. The van der Waals surface area contributed by atoms with Crippen molar-refractivity contribution >= 4 is 39.5 Å². The molecule has 0 aliphatic rings. The summed E-state index contributed by atoms with van der Waals surface area (Å²) in [6, 6.07) is 0. The van der Waals surface area contributed by atoms with E-state index in [1.54, 1.807) is 0 Å². The summed E-state index contributed by atoms with van der Waals surface area (Å²) in [7, 11) is -9.92. The molecule has 0 aliphatic heterocycles. The molecule has 0 amide bonds. The van der Waals surface area contributed by atoms with Crippen LogP contribution < -0.4 is 0 Å². The average Bonchev–Trinajstić information content (AvgIpc) is 0.975. The topological polar surface area (TPSA) is 237 Å². The smallest absolute Gasteiger partial charge is 0.462 e. The zero-order valence-corrected chi connectivity index (χ0v) is 66.2. The number of aliphatic hydroxyl groups excluding tert-OH is 1. The van der Waals surface area contributed by atoms with E-state index in [1.165, 1.54) is 199 Å². The van der Waals surface area contributed by atoms with Gasteiger partial charge in [0.05, 0.1) is 26.4 Å². The van der Waals surface area contributed by atoms with Crippen molar-refractivity contribution in [2.75, 3.05) is 39.6 Å². The summed E-state index contributed by atoms with van der Waals surface area (Å²) >= 11 is 0. The molecule has 0 rings (SSSR count). The van der Waals surface area contributed by atoms with Crippen LogP contribution in [0.4, 0.5) is 0 Å². The second-order valence-electron chi connectivity index (χ2n) is 30.4. The molecule has 0 aromatic heterocycles. The minimum atomic E-state index is -4.96. The molecule has 0 aromatic carbocycles. The van der Waals surface area contributed by atoms with Gasteiger partial charge in [-0.25, -0.2) is 9.13 Å². The van der Waals surface area contributed by atoms with E-state index >= 15 is 0 Å². The number of unbranched alkanes of at least 4 members (excludes halogenated alkanes) is 42. The van der Waals surface area contributed by atoms with E-state index in [0.717, 1.165) is 114 Å². The quantitative estimate of drug-likeness (QED) is 0.0222. The Morgan fingerprint density at radius 3 is 0.633 bits per heavy atom. The molecule has 98 heavy (non-hydrogen) atoms. The molecule has 19 heteroatoms. The summed E-state index contributed by atoms with van der Waals surface area (Å²) in [6.45, 7) is 14.2. The Hall–Kier alpha value is -1.94. The standard InChI is InChI=1S/C79H154O17P2/c1-69(2)55-47-39-31-25-19-13-11-9-10-12-14-23-29-35-45-53-61-79(84)96-75(66-90-77(82)60-52-44-38-37-42-50-58-72(7)8)68-94-98(87,88)92-64-73(80)63-91-97(85,86)93-67-74(95-78(83)62-54-46-36-30-24-18-16-21-27-33-41-49-57-71(5)6)65-89-76(81)59-51-43-34-28-22-17-15-20-26-32-40-48-56-70(3)4/h69-75,80H,9-68H2,1-8H3,(H,85,86)(H,87,88)/t73?,74-,75-/m1/s1. The van der Waals surface area contributed by atoms with Crippen molar-refractivity contribution in [1.29, 1.82) is 0 Å². The second kappa shape index (κ2) is 68.2.